The summed E-state index contributed by atoms with van der Waals surface area (Å²) in [4.78, 5) is 11.4. The molecule has 0 spiro atoms. The Morgan fingerprint density at radius 3 is 2.55 bits per heavy atom. The van der Waals surface area contributed by atoms with E-state index in [9.17, 15) is 4.79 Å². The predicted octanol–water partition coefficient (Wildman–Crippen LogP) is 1.88. The lowest BCUT2D eigenvalue weighted by Gasteiger charge is -2.29. The Bertz CT molecular complexity index is 185. The lowest BCUT2D eigenvalue weighted by molar-refractivity contribution is -0.122. The van der Waals surface area contributed by atoms with Crippen molar-refractivity contribution >= 4 is 17.7 Å². The Hall–Kier alpha value is -0.440. The van der Waals surface area contributed by atoms with Gasteiger partial charge in [-0.1, -0.05) is 13.8 Å². The van der Waals surface area contributed by atoms with Gasteiger partial charge in [0.1, 0.15) is 0 Å². The molecular weight excluding hydrogens is 158 g/mol. The zero-order valence-corrected chi connectivity index (χ0v) is 7.70. The standard InChI is InChI=1S/C8H13NOS/c1-3-8(4-2)7(10)9-5-6-11-8/h5-6H,3-4H2,1-2H3,(H,9,10). The van der Waals surface area contributed by atoms with E-state index in [1.165, 1.54) is 0 Å². The van der Waals surface area contributed by atoms with Crippen LogP contribution in [0.4, 0.5) is 0 Å². The van der Waals surface area contributed by atoms with Crippen LogP contribution >= 0.6 is 11.8 Å². The fourth-order valence-corrected chi connectivity index (χ4v) is 2.09. The van der Waals surface area contributed by atoms with Crippen LogP contribution in [-0.4, -0.2) is 10.7 Å². The van der Waals surface area contributed by atoms with Crippen molar-refractivity contribution in [1.29, 1.82) is 0 Å². The third-order valence-corrected chi connectivity index (χ3v) is 3.62. The molecule has 2 nitrogen and oxygen atoms in total. The van der Waals surface area contributed by atoms with Crippen molar-refractivity contribution in [3.8, 4) is 0 Å². The van der Waals surface area contributed by atoms with Gasteiger partial charge in [0.15, 0.2) is 0 Å². The van der Waals surface area contributed by atoms with E-state index < -0.39 is 0 Å². The fourth-order valence-electron chi connectivity index (χ4n) is 1.20. The highest BCUT2D eigenvalue weighted by molar-refractivity contribution is 8.04. The molecule has 11 heavy (non-hydrogen) atoms. The average molecular weight is 171 g/mol. The smallest absolute Gasteiger partial charge is 0.240 e. The Labute approximate surface area is 71.4 Å². The lowest BCUT2D eigenvalue weighted by Crippen LogP contribution is -2.42. The second kappa shape index (κ2) is 3.30. The van der Waals surface area contributed by atoms with Gasteiger partial charge < -0.3 is 5.32 Å². The third-order valence-electron chi connectivity index (χ3n) is 2.13. The molecule has 62 valence electrons. The van der Waals surface area contributed by atoms with E-state index in [4.69, 9.17) is 0 Å². The number of amides is 1. The van der Waals surface area contributed by atoms with Crippen LogP contribution < -0.4 is 5.32 Å². The molecule has 0 atom stereocenters. The molecule has 0 saturated carbocycles. The highest BCUT2D eigenvalue weighted by Gasteiger charge is 2.35. The molecule has 1 heterocycles. The van der Waals surface area contributed by atoms with Crippen LogP contribution in [0.15, 0.2) is 11.6 Å². The first-order valence-corrected chi connectivity index (χ1v) is 4.77. The second-order valence-electron chi connectivity index (χ2n) is 2.60. The summed E-state index contributed by atoms with van der Waals surface area (Å²) >= 11 is 1.63. The topological polar surface area (TPSA) is 29.1 Å². The summed E-state index contributed by atoms with van der Waals surface area (Å²) in [6, 6.07) is 0. The maximum absolute atomic E-state index is 11.4. The van der Waals surface area contributed by atoms with E-state index in [1.54, 1.807) is 18.0 Å². The van der Waals surface area contributed by atoms with Crippen molar-refractivity contribution in [2.75, 3.05) is 0 Å². The van der Waals surface area contributed by atoms with Gasteiger partial charge in [-0.25, -0.2) is 0 Å². The van der Waals surface area contributed by atoms with Gasteiger partial charge in [0.05, 0.1) is 4.75 Å². The molecule has 1 aliphatic heterocycles. The minimum atomic E-state index is -0.200. The van der Waals surface area contributed by atoms with Crippen LogP contribution in [0.25, 0.3) is 0 Å². The molecule has 0 aromatic carbocycles. The van der Waals surface area contributed by atoms with Crippen molar-refractivity contribution in [1.82, 2.24) is 5.32 Å². The minimum absolute atomic E-state index is 0.148. The Kier molecular flexibility index (Phi) is 2.60. The molecule has 0 aromatic rings. The Morgan fingerprint density at radius 2 is 2.18 bits per heavy atom. The number of rotatable bonds is 2. The van der Waals surface area contributed by atoms with E-state index in [0.29, 0.717) is 0 Å². The Morgan fingerprint density at radius 1 is 1.55 bits per heavy atom. The first-order chi connectivity index (χ1) is 5.25. The molecule has 1 N–H and O–H groups in total. The third kappa shape index (κ3) is 1.43. The van der Waals surface area contributed by atoms with E-state index in [0.717, 1.165) is 12.8 Å². The SMILES string of the molecule is CCC1(CC)SC=CNC1=O. The van der Waals surface area contributed by atoms with Crippen molar-refractivity contribution in [3.05, 3.63) is 11.6 Å². The van der Waals surface area contributed by atoms with Crippen LogP contribution in [0.5, 0.6) is 0 Å². The molecule has 1 rings (SSSR count). The number of carbonyl (C=O) groups is 1. The molecule has 0 unspecified atom stereocenters. The number of nitrogens with one attached hydrogen (secondary N) is 1. The van der Waals surface area contributed by atoms with Gasteiger partial charge >= 0.3 is 0 Å². The molecule has 1 amide bonds. The van der Waals surface area contributed by atoms with Crippen LogP contribution in [0, 0.1) is 0 Å². The average Bonchev–Trinajstić information content (AvgIpc) is 2.06. The minimum Gasteiger partial charge on any atom is -0.331 e. The predicted molar refractivity (Wildman–Crippen MR) is 48.2 cm³/mol. The monoisotopic (exact) mass is 171 g/mol. The van der Waals surface area contributed by atoms with Gasteiger partial charge in [-0.15, -0.1) is 11.8 Å². The summed E-state index contributed by atoms with van der Waals surface area (Å²) in [5.74, 6) is 0.148. The van der Waals surface area contributed by atoms with Crippen LogP contribution in [0.2, 0.25) is 0 Å². The number of hydrogen-bond donors (Lipinski definition) is 1. The molecule has 0 bridgehead atoms. The van der Waals surface area contributed by atoms with E-state index in [1.807, 2.05) is 5.41 Å². The summed E-state index contributed by atoms with van der Waals surface area (Å²) < 4.78 is -0.200. The molecule has 0 aromatic heterocycles. The zero-order chi connectivity index (χ0) is 8.32. The normalized spacial score (nSPS) is 21.5. The maximum Gasteiger partial charge on any atom is 0.240 e. The van der Waals surface area contributed by atoms with Gasteiger partial charge in [0, 0.05) is 6.20 Å². The van der Waals surface area contributed by atoms with Crippen molar-refractivity contribution in [2.24, 2.45) is 0 Å². The second-order valence-corrected chi connectivity index (χ2v) is 3.88. The Balaban J connectivity index is 2.80. The quantitative estimate of drug-likeness (QED) is 0.687. The molecule has 0 aliphatic carbocycles. The van der Waals surface area contributed by atoms with Crippen molar-refractivity contribution < 1.29 is 4.79 Å². The summed E-state index contributed by atoms with van der Waals surface area (Å²) in [6.07, 6.45) is 3.49. The highest BCUT2D eigenvalue weighted by atomic mass is 32.2. The maximum atomic E-state index is 11.4. The van der Waals surface area contributed by atoms with Crippen molar-refractivity contribution in [3.63, 3.8) is 0 Å². The summed E-state index contributed by atoms with van der Waals surface area (Å²) in [5.41, 5.74) is 0. The summed E-state index contributed by atoms with van der Waals surface area (Å²) in [6.45, 7) is 4.10. The first kappa shape index (κ1) is 8.65. The van der Waals surface area contributed by atoms with Gasteiger partial charge in [0.2, 0.25) is 5.91 Å². The number of thioether (sulfide) groups is 1. The first-order valence-electron chi connectivity index (χ1n) is 3.89. The molecule has 0 saturated heterocycles. The molecular formula is C8H13NOS. The zero-order valence-electron chi connectivity index (χ0n) is 6.89. The fraction of sp³-hybridized carbons (Fsp3) is 0.625. The van der Waals surface area contributed by atoms with Crippen molar-refractivity contribution in [2.45, 2.75) is 31.4 Å². The number of carbonyl (C=O) groups excluding carboxylic acids is 1. The van der Waals surface area contributed by atoms with Gasteiger partial charge in [-0.05, 0) is 18.2 Å². The van der Waals surface area contributed by atoms with Gasteiger partial charge in [-0.3, -0.25) is 4.79 Å². The summed E-state index contributed by atoms with van der Waals surface area (Å²) in [5, 5.41) is 4.69. The van der Waals surface area contributed by atoms with Gasteiger partial charge in [0.25, 0.3) is 0 Å². The van der Waals surface area contributed by atoms with Crippen LogP contribution in [0.1, 0.15) is 26.7 Å². The van der Waals surface area contributed by atoms with Crippen LogP contribution in [-0.2, 0) is 4.79 Å². The lowest BCUT2D eigenvalue weighted by atomic mass is 10.0. The summed E-state index contributed by atoms with van der Waals surface area (Å²) in [7, 11) is 0. The van der Waals surface area contributed by atoms with Crippen LogP contribution in [0.3, 0.4) is 0 Å². The van der Waals surface area contributed by atoms with E-state index >= 15 is 0 Å². The highest BCUT2D eigenvalue weighted by Crippen LogP contribution is 2.35. The molecule has 0 radical (unpaired) electrons. The number of hydrogen-bond acceptors (Lipinski definition) is 2. The van der Waals surface area contributed by atoms with E-state index in [-0.39, 0.29) is 10.7 Å². The molecule has 1 aliphatic rings. The van der Waals surface area contributed by atoms with Gasteiger partial charge in [-0.2, -0.15) is 0 Å². The largest absolute Gasteiger partial charge is 0.331 e. The molecule has 0 fully saturated rings. The molecule has 3 heteroatoms. The van der Waals surface area contributed by atoms with E-state index in [2.05, 4.69) is 19.2 Å².